The van der Waals surface area contributed by atoms with Crippen molar-refractivity contribution in [1.29, 1.82) is 0 Å². The highest BCUT2D eigenvalue weighted by molar-refractivity contribution is 7.22. The van der Waals surface area contributed by atoms with Gasteiger partial charge in [-0.1, -0.05) is 11.3 Å². The third-order valence-corrected chi connectivity index (χ3v) is 4.16. The lowest BCUT2D eigenvalue weighted by Crippen LogP contribution is -2.13. The van der Waals surface area contributed by atoms with Crippen molar-refractivity contribution < 1.29 is 14.5 Å². The van der Waals surface area contributed by atoms with Crippen LogP contribution in [0.3, 0.4) is 0 Å². The fourth-order valence-electron chi connectivity index (χ4n) is 2.17. The van der Waals surface area contributed by atoms with E-state index in [2.05, 4.69) is 10.3 Å². The monoisotopic (exact) mass is 344 g/mol. The summed E-state index contributed by atoms with van der Waals surface area (Å²) in [6.07, 6.45) is 0. The Bertz CT molecular complexity index is 954. The summed E-state index contributed by atoms with van der Waals surface area (Å²) < 4.78 is 5.73. The zero-order valence-corrected chi connectivity index (χ0v) is 13.3. The van der Waals surface area contributed by atoms with Crippen LogP contribution in [0.5, 0.6) is 5.75 Å². The molecule has 2 aromatic carbocycles. The van der Waals surface area contributed by atoms with Gasteiger partial charge in [-0.15, -0.1) is 0 Å². The second-order valence-electron chi connectivity index (χ2n) is 4.83. The number of methoxy groups -OCH3 is 1. The lowest BCUT2D eigenvalue weighted by atomic mass is 10.2. The van der Waals surface area contributed by atoms with Gasteiger partial charge in [-0.25, -0.2) is 4.98 Å². The maximum atomic E-state index is 12.4. The van der Waals surface area contributed by atoms with Crippen LogP contribution < -0.4 is 15.8 Å². The summed E-state index contributed by atoms with van der Waals surface area (Å²) in [5, 5.41) is 14.1. The van der Waals surface area contributed by atoms with E-state index in [4.69, 9.17) is 10.5 Å². The summed E-state index contributed by atoms with van der Waals surface area (Å²) in [5.74, 6) is -0.126. The standard InChI is InChI=1S/C15H12N4O4S/c1-23-9-3-5-10(12(7-9)19(21)22)17-14(20)8-2-4-11-13(6-8)24-15(16)18-11/h2-7H,1H3,(H2,16,18)(H,17,20). The Hall–Kier alpha value is -3.20. The third-order valence-electron chi connectivity index (χ3n) is 3.32. The molecule has 0 atom stereocenters. The van der Waals surface area contributed by atoms with E-state index in [1.807, 2.05) is 0 Å². The summed E-state index contributed by atoms with van der Waals surface area (Å²) >= 11 is 1.26. The minimum absolute atomic E-state index is 0.0923. The Morgan fingerprint density at radius 1 is 1.33 bits per heavy atom. The number of benzene rings is 2. The number of nitrogen functional groups attached to an aromatic ring is 1. The SMILES string of the molecule is COc1ccc(NC(=O)c2ccc3nc(N)sc3c2)c([N+](=O)[O-])c1. The molecule has 0 unspecified atom stereocenters. The molecular weight excluding hydrogens is 332 g/mol. The minimum Gasteiger partial charge on any atom is -0.496 e. The van der Waals surface area contributed by atoms with Gasteiger partial charge in [0, 0.05) is 5.56 Å². The van der Waals surface area contributed by atoms with Crippen molar-refractivity contribution in [1.82, 2.24) is 4.98 Å². The summed E-state index contributed by atoms with van der Waals surface area (Å²) in [6.45, 7) is 0. The Balaban J connectivity index is 1.91. The van der Waals surface area contributed by atoms with Crippen molar-refractivity contribution in [2.24, 2.45) is 0 Å². The number of ether oxygens (including phenoxy) is 1. The molecule has 1 heterocycles. The Morgan fingerprint density at radius 2 is 2.12 bits per heavy atom. The maximum Gasteiger partial charge on any atom is 0.296 e. The molecular formula is C15H12N4O4S. The van der Waals surface area contributed by atoms with Gasteiger partial charge in [0.1, 0.15) is 11.4 Å². The number of nitro benzene ring substituents is 1. The van der Waals surface area contributed by atoms with E-state index in [1.165, 1.54) is 36.6 Å². The lowest BCUT2D eigenvalue weighted by Gasteiger charge is -2.07. The Morgan fingerprint density at radius 3 is 2.83 bits per heavy atom. The number of thiazole rings is 1. The molecule has 0 radical (unpaired) electrons. The first-order valence-corrected chi connectivity index (χ1v) is 7.59. The van der Waals surface area contributed by atoms with Crippen molar-refractivity contribution in [3.8, 4) is 5.75 Å². The molecule has 3 N–H and O–H groups in total. The van der Waals surface area contributed by atoms with Crippen LogP contribution >= 0.6 is 11.3 Å². The first-order valence-electron chi connectivity index (χ1n) is 6.78. The van der Waals surface area contributed by atoms with Gasteiger partial charge < -0.3 is 15.8 Å². The minimum atomic E-state index is -0.578. The van der Waals surface area contributed by atoms with Crippen LogP contribution in [-0.4, -0.2) is 22.9 Å². The highest BCUT2D eigenvalue weighted by Gasteiger charge is 2.18. The van der Waals surface area contributed by atoms with E-state index in [-0.39, 0.29) is 11.4 Å². The summed E-state index contributed by atoms with van der Waals surface area (Å²) in [7, 11) is 1.41. The number of hydrogen-bond acceptors (Lipinski definition) is 7. The van der Waals surface area contributed by atoms with Gasteiger partial charge in [-0.3, -0.25) is 14.9 Å². The average molecular weight is 344 g/mol. The van der Waals surface area contributed by atoms with Crippen molar-refractivity contribution in [2.75, 3.05) is 18.2 Å². The van der Waals surface area contributed by atoms with Crippen LogP contribution in [0.25, 0.3) is 10.2 Å². The smallest absolute Gasteiger partial charge is 0.296 e. The molecule has 1 aromatic heterocycles. The fourth-order valence-corrected chi connectivity index (χ4v) is 2.95. The molecule has 8 nitrogen and oxygen atoms in total. The van der Waals surface area contributed by atoms with Crippen LogP contribution in [0.1, 0.15) is 10.4 Å². The van der Waals surface area contributed by atoms with Crippen LogP contribution in [0, 0.1) is 10.1 Å². The average Bonchev–Trinajstić information content (AvgIpc) is 2.93. The first kappa shape index (κ1) is 15.7. The summed E-state index contributed by atoms with van der Waals surface area (Å²) in [6, 6.07) is 9.14. The van der Waals surface area contributed by atoms with Gasteiger partial charge in [0.25, 0.3) is 11.6 Å². The van der Waals surface area contributed by atoms with Crippen LogP contribution in [0.4, 0.5) is 16.5 Å². The number of nitrogens with zero attached hydrogens (tertiary/aromatic N) is 2. The quantitative estimate of drug-likeness (QED) is 0.554. The van der Waals surface area contributed by atoms with Crippen LogP contribution in [0.15, 0.2) is 36.4 Å². The molecule has 0 saturated carbocycles. The fraction of sp³-hybridized carbons (Fsp3) is 0.0667. The number of carbonyl (C=O) groups is 1. The largest absolute Gasteiger partial charge is 0.496 e. The number of amides is 1. The number of nitro groups is 1. The molecule has 1 amide bonds. The van der Waals surface area contributed by atoms with Gasteiger partial charge in [0.15, 0.2) is 5.13 Å². The molecule has 0 bridgehead atoms. The number of carbonyl (C=O) groups excluding carboxylic acids is 1. The normalized spacial score (nSPS) is 10.5. The van der Waals surface area contributed by atoms with E-state index in [0.29, 0.717) is 22.0 Å². The second-order valence-corrected chi connectivity index (χ2v) is 5.89. The highest BCUT2D eigenvalue weighted by Crippen LogP contribution is 2.30. The number of aromatic nitrogens is 1. The Labute approximate surface area is 140 Å². The predicted octanol–water partition coefficient (Wildman–Crippen LogP) is 3.05. The molecule has 0 aliphatic carbocycles. The van der Waals surface area contributed by atoms with Crippen LogP contribution in [0.2, 0.25) is 0 Å². The van der Waals surface area contributed by atoms with Gasteiger partial charge in [-0.2, -0.15) is 0 Å². The van der Waals surface area contributed by atoms with Gasteiger partial charge in [0.05, 0.1) is 28.3 Å². The molecule has 3 aromatic rings. The van der Waals surface area contributed by atoms with E-state index >= 15 is 0 Å². The number of fused-ring (bicyclic) bond motifs is 1. The Kier molecular flexibility index (Phi) is 4.00. The van der Waals surface area contributed by atoms with Gasteiger partial charge in [0.2, 0.25) is 0 Å². The number of nitrogens with two attached hydrogens (primary N) is 1. The molecule has 122 valence electrons. The zero-order valence-electron chi connectivity index (χ0n) is 12.5. The molecule has 0 fully saturated rings. The number of nitrogens with one attached hydrogen (secondary N) is 1. The van der Waals surface area contributed by atoms with E-state index in [1.54, 1.807) is 18.2 Å². The van der Waals surface area contributed by atoms with Crippen molar-refractivity contribution >= 4 is 44.0 Å². The van der Waals surface area contributed by atoms with E-state index < -0.39 is 10.8 Å². The van der Waals surface area contributed by atoms with Gasteiger partial charge >= 0.3 is 0 Å². The number of hydrogen-bond donors (Lipinski definition) is 2. The lowest BCUT2D eigenvalue weighted by molar-refractivity contribution is -0.384. The van der Waals surface area contributed by atoms with Gasteiger partial charge in [-0.05, 0) is 30.3 Å². The second kappa shape index (κ2) is 6.13. The predicted molar refractivity (Wildman–Crippen MR) is 91.6 cm³/mol. The van der Waals surface area contributed by atoms with E-state index in [9.17, 15) is 14.9 Å². The molecule has 0 aliphatic heterocycles. The highest BCUT2D eigenvalue weighted by atomic mass is 32.1. The molecule has 0 saturated heterocycles. The topological polar surface area (TPSA) is 120 Å². The molecule has 9 heteroatoms. The summed E-state index contributed by atoms with van der Waals surface area (Å²) in [4.78, 5) is 27.1. The van der Waals surface area contributed by atoms with Crippen LogP contribution in [-0.2, 0) is 0 Å². The van der Waals surface area contributed by atoms with E-state index in [0.717, 1.165) is 4.70 Å². The third kappa shape index (κ3) is 2.97. The number of rotatable bonds is 4. The van der Waals surface area contributed by atoms with Crippen molar-refractivity contribution in [3.63, 3.8) is 0 Å². The molecule has 0 spiro atoms. The molecule has 3 rings (SSSR count). The first-order chi connectivity index (χ1) is 11.5. The number of anilines is 2. The van der Waals surface area contributed by atoms with Crippen molar-refractivity contribution in [3.05, 3.63) is 52.1 Å². The molecule has 24 heavy (non-hydrogen) atoms. The summed E-state index contributed by atoms with van der Waals surface area (Å²) in [5.41, 5.74) is 6.54. The molecule has 0 aliphatic rings. The zero-order chi connectivity index (χ0) is 17.3. The van der Waals surface area contributed by atoms with Crippen molar-refractivity contribution in [2.45, 2.75) is 0 Å². The maximum absolute atomic E-state index is 12.4.